The van der Waals surface area contributed by atoms with E-state index in [2.05, 4.69) is 9.72 Å². The van der Waals surface area contributed by atoms with Gasteiger partial charge in [0.05, 0.1) is 25.7 Å². The third kappa shape index (κ3) is 6.24. The van der Waals surface area contributed by atoms with Gasteiger partial charge in [-0.3, -0.25) is 19.2 Å². The van der Waals surface area contributed by atoms with Crippen LogP contribution in [0, 0.1) is 0 Å². The maximum absolute atomic E-state index is 13.3. The fourth-order valence-electron chi connectivity index (χ4n) is 3.61. The standard InChI is InChI=1S/C24H28N2O9/c1-13(27)34-20(23(31)35-24(2,3)4)19-22(30)26(8-9-33-19)16-7-6-14-10-15(11-18(28)32-5)21(29)25-17(14)12-16/h6-7,10,12,19-20H,8-9,11H2,1-5H3,(H,25,29)/t19-,20-/m1/s1. The number of nitrogens with zero attached hydrogens (tertiary/aromatic N) is 1. The highest BCUT2D eigenvalue weighted by Crippen LogP contribution is 2.26. The number of carbonyl (C=O) groups is 4. The largest absolute Gasteiger partial charge is 0.469 e. The number of methoxy groups -OCH3 is 1. The third-order valence-electron chi connectivity index (χ3n) is 5.11. The first-order chi connectivity index (χ1) is 16.4. The summed E-state index contributed by atoms with van der Waals surface area (Å²) in [7, 11) is 1.24. The van der Waals surface area contributed by atoms with Gasteiger partial charge in [-0.15, -0.1) is 0 Å². The average molecular weight is 488 g/mol. The van der Waals surface area contributed by atoms with Crippen molar-refractivity contribution < 1.29 is 38.1 Å². The Kier molecular flexibility index (Phi) is 7.59. The number of pyridine rings is 1. The van der Waals surface area contributed by atoms with Gasteiger partial charge in [-0.2, -0.15) is 0 Å². The Hall–Kier alpha value is -3.73. The van der Waals surface area contributed by atoms with Crippen LogP contribution in [0.5, 0.6) is 0 Å². The number of anilines is 1. The Morgan fingerprint density at radius 3 is 2.54 bits per heavy atom. The Balaban J connectivity index is 1.90. The lowest BCUT2D eigenvalue weighted by Gasteiger charge is -2.35. The number of carbonyl (C=O) groups excluding carboxylic acids is 4. The molecule has 2 heterocycles. The third-order valence-corrected chi connectivity index (χ3v) is 5.11. The van der Waals surface area contributed by atoms with Crippen molar-refractivity contribution in [3.63, 3.8) is 0 Å². The number of aromatic nitrogens is 1. The van der Waals surface area contributed by atoms with Crippen molar-refractivity contribution in [2.75, 3.05) is 25.2 Å². The molecule has 1 saturated heterocycles. The number of morpholine rings is 1. The highest BCUT2D eigenvalue weighted by Gasteiger charge is 2.44. The molecule has 1 aromatic carbocycles. The van der Waals surface area contributed by atoms with Gasteiger partial charge in [0.2, 0.25) is 6.10 Å². The summed E-state index contributed by atoms with van der Waals surface area (Å²) in [5.41, 5.74) is -0.185. The number of nitrogens with one attached hydrogen (secondary N) is 1. The minimum atomic E-state index is -1.58. The molecule has 0 saturated carbocycles. The Morgan fingerprint density at radius 1 is 1.20 bits per heavy atom. The first kappa shape index (κ1) is 25.9. The number of rotatable bonds is 6. The lowest BCUT2D eigenvalue weighted by atomic mass is 10.1. The summed E-state index contributed by atoms with van der Waals surface area (Å²) in [6.07, 6.45) is -3.15. The second kappa shape index (κ2) is 10.3. The van der Waals surface area contributed by atoms with E-state index in [1.165, 1.54) is 12.0 Å². The molecule has 1 aliphatic heterocycles. The Bertz CT molecular complexity index is 1210. The van der Waals surface area contributed by atoms with Gasteiger partial charge in [-0.25, -0.2) is 4.79 Å². The number of fused-ring (bicyclic) bond motifs is 1. The van der Waals surface area contributed by atoms with E-state index in [0.717, 1.165) is 6.92 Å². The molecule has 2 aromatic rings. The van der Waals surface area contributed by atoms with Gasteiger partial charge >= 0.3 is 17.9 Å². The van der Waals surface area contributed by atoms with E-state index in [-0.39, 0.29) is 25.1 Å². The van der Waals surface area contributed by atoms with E-state index in [1.54, 1.807) is 45.0 Å². The molecule has 0 aliphatic carbocycles. The molecule has 1 amide bonds. The van der Waals surface area contributed by atoms with Gasteiger partial charge in [-0.05, 0) is 44.4 Å². The number of esters is 3. The molecule has 188 valence electrons. The van der Waals surface area contributed by atoms with Gasteiger partial charge in [0, 0.05) is 24.7 Å². The summed E-state index contributed by atoms with van der Waals surface area (Å²) in [5, 5.41) is 0.649. The van der Waals surface area contributed by atoms with Crippen LogP contribution in [0.4, 0.5) is 5.69 Å². The van der Waals surface area contributed by atoms with Crippen LogP contribution in [0.25, 0.3) is 10.9 Å². The molecular formula is C24H28N2O9. The summed E-state index contributed by atoms with van der Waals surface area (Å²) in [6.45, 7) is 6.32. The van der Waals surface area contributed by atoms with Crippen molar-refractivity contribution in [3.05, 3.63) is 40.2 Å². The van der Waals surface area contributed by atoms with Crippen LogP contribution in [0.15, 0.2) is 29.1 Å². The molecule has 0 unspecified atom stereocenters. The van der Waals surface area contributed by atoms with Gasteiger partial charge in [-0.1, -0.05) is 6.07 Å². The maximum atomic E-state index is 13.3. The predicted octanol–water partition coefficient (Wildman–Crippen LogP) is 1.25. The molecule has 1 aliphatic rings. The van der Waals surface area contributed by atoms with Gasteiger partial charge in [0.15, 0.2) is 6.10 Å². The van der Waals surface area contributed by atoms with E-state index in [0.29, 0.717) is 16.6 Å². The van der Waals surface area contributed by atoms with Gasteiger partial charge < -0.3 is 28.8 Å². The van der Waals surface area contributed by atoms with Gasteiger partial charge in [0.1, 0.15) is 5.60 Å². The minimum absolute atomic E-state index is 0.0730. The number of H-pyrrole nitrogens is 1. The molecule has 35 heavy (non-hydrogen) atoms. The first-order valence-electron chi connectivity index (χ1n) is 11.0. The zero-order valence-corrected chi connectivity index (χ0v) is 20.2. The smallest absolute Gasteiger partial charge is 0.351 e. The summed E-state index contributed by atoms with van der Waals surface area (Å²) >= 11 is 0. The summed E-state index contributed by atoms with van der Waals surface area (Å²) in [4.78, 5) is 65.7. The van der Waals surface area contributed by atoms with Crippen LogP contribution in [0.3, 0.4) is 0 Å². The van der Waals surface area contributed by atoms with Crippen molar-refractivity contribution in [2.45, 2.75) is 51.9 Å². The van der Waals surface area contributed by atoms with Crippen molar-refractivity contribution in [1.29, 1.82) is 0 Å². The highest BCUT2D eigenvalue weighted by atomic mass is 16.6. The van der Waals surface area contributed by atoms with E-state index in [9.17, 15) is 24.0 Å². The number of amides is 1. The summed E-state index contributed by atoms with van der Waals surface area (Å²) in [5.74, 6) is -2.80. The summed E-state index contributed by atoms with van der Waals surface area (Å²) in [6, 6.07) is 6.54. The van der Waals surface area contributed by atoms with E-state index in [4.69, 9.17) is 14.2 Å². The zero-order valence-electron chi connectivity index (χ0n) is 20.2. The zero-order chi connectivity index (χ0) is 25.9. The topological polar surface area (TPSA) is 141 Å². The molecule has 1 aromatic heterocycles. The van der Waals surface area contributed by atoms with E-state index < -0.39 is 47.2 Å². The minimum Gasteiger partial charge on any atom is -0.469 e. The molecular weight excluding hydrogens is 460 g/mol. The normalized spacial score (nSPS) is 17.1. The first-order valence-corrected chi connectivity index (χ1v) is 11.0. The molecule has 2 atom stereocenters. The molecule has 11 nitrogen and oxygen atoms in total. The number of hydrogen-bond donors (Lipinski definition) is 1. The van der Waals surface area contributed by atoms with E-state index >= 15 is 0 Å². The molecule has 1 fully saturated rings. The highest BCUT2D eigenvalue weighted by molar-refractivity contribution is 6.02. The SMILES string of the molecule is COC(=O)Cc1cc2ccc(N3CCO[C@H]([C@@H](OC(C)=O)C(=O)OC(C)(C)C)C3=O)cc2[nH]c1=O. The maximum Gasteiger partial charge on any atom is 0.351 e. The fraction of sp³-hybridized carbons (Fsp3) is 0.458. The van der Waals surface area contributed by atoms with Crippen LogP contribution >= 0.6 is 0 Å². The van der Waals surface area contributed by atoms with Crippen molar-refractivity contribution in [3.8, 4) is 0 Å². The molecule has 0 radical (unpaired) electrons. The van der Waals surface area contributed by atoms with Crippen LogP contribution < -0.4 is 10.5 Å². The quantitative estimate of drug-likeness (QED) is 0.470. The van der Waals surface area contributed by atoms with Crippen LogP contribution in [0.1, 0.15) is 33.3 Å². The predicted molar refractivity (Wildman–Crippen MR) is 124 cm³/mol. The lowest BCUT2D eigenvalue weighted by molar-refractivity contribution is -0.188. The van der Waals surface area contributed by atoms with Crippen LogP contribution in [-0.4, -0.2) is 66.9 Å². The Labute approximate surface area is 201 Å². The second-order valence-electron chi connectivity index (χ2n) is 8.99. The number of aromatic amines is 1. The van der Waals surface area contributed by atoms with Crippen LogP contribution in [0.2, 0.25) is 0 Å². The molecule has 11 heteroatoms. The van der Waals surface area contributed by atoms with Crippen LogP contribution in [-0.2, 0) is 44.5 Å². The molecule has 1 N–H and O–H groups in total. The number of ether oxygens (including phenoxy) is 4. The number of hydrogen-bond acceptors (Lipinski definition) is 9. The Morgan fingerprint density at radius 2 is 1.91 bits per heavy atom. The monoisotopic (exact) mass is 488 g/mol. The molecule has 0 bridgehead atoms. The fourth-order valence-corrected chi connectivity index (χ4v) is 3.61. The average Bonchev–Trinajstić information content (AvgIpc) is 2.76. The second-order valence-corrected chi connectivity index (χ2v) is 8.99. The van der Waals surface area contributed by atoms with E-state index in [1.807, 2.05) is 0 Å². The molecule has 3 rings (SSSR count). The van der Waals surface area contributed by atoms with Crippen molar-refractivity contribution in [2.24, 2.45) is 0 Å². The van der Waals surface area contributed by atoms with Gasteiger partial charge in [0.25, 0.3) is 11.5 Å². The molecule has 0 spiro atoms. The van der Waals surface area contributed by atoms with Crippen molar-refractivity contribution in [1.82, 2.24) is 4.98 Å². The van der Waals surface area contributed by atoms with Crippen molar-refractivity contribution >= 4 is 40.4 Å². The lowest BCUT2D eigenvalue weighted by Crippen LogP contribution is -2.56. The number of benzene rings is 1. The summed E-state index contributed by atoms with van der Waals surface area (Å²) < 4.78 is 20.6.